The Hall–Kier alpha value is -3.44. The van der Waals surface area contributed by atoms with Crippen molar-refractivity contribution in [3.8, 4) is 5.75 Å². The third-order valence-electron chi connectivity index (χ3n) is 5.20. The summed E-state index contributed by atoms with van der Waals surface area (Å²) in [6.07, 6.45) is 0. The highest BCUT2D eigenvalue weighted by Crippen LogP contribution is 2.35. The van der Waals surface area contributed by atoms with Gasteiger partial charge in [-0.3, -0.25) is 14.5 Å². The first kappa shape index (κ1) is 25.2. The van der Waals surface area contributed by atoms with Crippen LogP contribution in [-0.2, 0) is 24.3 Å². The molecule has 0 unspecified atom stereocenters. The molecule has 0 saturated heterocycles. The van der Waals surface area contributed by atoms with E-state index in [1.54, 1.807) is 32.9 Å². The van der Waals surface area contributed by atoms with E-state index in [9.17, 15) is 22.8 Å². The Bertz CT molecular complexity index is 1180. The van der Waals surface area contributed by atoms with Crippen molar-refractivity contribution in [2.45, 2.75) is 25.7 Å². The molecule has 3 rings (SSSR count). The molecule has 0 radical (unpaired) electrons. The number of sulfonamides is 1. The number of amides is 2. The molecule has 1 N–H and O–H groups in total. The summed E-state index contributed by atoms with van der Waals surface area (Å²) in [5.74, 6) is -1.13. The van der Waals surface area contributed by atoms with Gasteiger partial charge in [0.2, 0.25) is 15.9 Å². The highest BCUT2D eigenvalue weighted by atomic mass is 32.2. The molecule has 11 heteroatoms. The minimum Gasteiger partial charge on any atom is -0.482 e. The number of rotatable bonds is 9. The van der Waals surface area contributed by atoms with Gasteiger partial charge in [-0.2, -0.15) is 4.31 Å². The number of ether oxygens (including phenoxy) is 2. The summed E-state index contributed by atoms with van der Waals surface area (Å²) < 4.78 is 37.5. The second-order valence-corrected chi connectivity index (χ2v) is 9.27. The maximum atomic E-state index is 12.9. The summed E-state index contributed by atoms with van der Waals surface area (Å²) in [7, 11) is -3.77. The normalized spacial score (nSPS) is 13.3. The molecule has 1 aliphatic heterocycles. The first-order valence-corrected chi connectivity index (χ1v) is 12.3. The quantitative estimate of drug-likeness (QED) is 0.536. The third-order valence-corrected chi connectivity index (χ3v) is 7.24. The fourth-order valence-electron chi connectivity index (χ4n) is 3.48. The monoisotopic (exact) mass is 489 g/mol. The van der Waals surface area contributed by atoms with Gasteiger partial charge in [-0.15, -0.1) is 0 Å². The van der Waals surface area contributed by atoms with Crippen molar-refractivity contribution >= 4 is 39.2 Å². The molecule has 0 spiro atoms. The van der Waals surface area contributed by atoms with E-state index in [0.717, 1.165) is 0 Å². The lowest BCUT2D eigenvalue weighted by atomic mass is 10.2. The van der Waals surface area contributed by atoms with Gasteiger partial charge < -0.3 is 14.8 Å². The third kappa shape index (κ3) is 5.37. The van der Waals surface area contributed by atoms with Crippen LogP contribution >= 0.6 is 0 Å². The number of fused-ring (bicyclic) bond motifs is 1. The zero-order chi connectivity index (χ0) is 24.9. The molecule has 182 valence electrons. The first-order valence-electron chi connectivity index (χ1n) is 10.9. The summed E-state index contributed by atoms with van der Waals surface area (Å²) in [6, 6.07) is 10.4. The number of benzene rings is 2. The molecule has 0 aliphatic carbocycles. The number of hydrogen-bond acceptors (Lipinski definition) is 7. The number of hydrogen-bond donors (Lipinski definition) is 1. The van der Waals surface area contributed by atoms with Gasteiger partial charge in [0.1, 0.15) is 12.3 Å². The number of nitrogens with one attached hydrogen (secondary N) is 1. The van der Waals surface area contributed by atoms with E-state index in [1.807, 2.05) is 0 Å². The van der Waals surface area contributed by atoms with Crippen LogP contribution in [-0.4, -0.2) is 63.4 Å². The van der Waals surface area contributed by atoms with E-state index in [0.29, 0.717) is 30.1 Å². The number of nitrogens with zero attached hydrogens (tertiary/aromatic N) is 2. The lowest BCUT2D eigenvalue weighted by Gasteiger charge is -2.29. The van der Waals surface area contributed by atoms with Crippen LogP contribution in [0, 0.1) is 0 Å². The smallest absolute Gasteiger partial charge is 0.338 e. The van der Waals surface area contributed by atoms with Crippen molar-refractivity contribution in [2.75, 3.05) is 43.1 Å². The van der Waals surface area contributed by atoms with E-state index in [2.05, 4.69) is 5.32 Å². The van der Waals surface area contributed by atoms with Crippen LogP contribution in [0.3, 0.4) is 0 Å². The van der Waals surface area contributed by atoms with Crippen LogP contribution in [0.5, 0.6) is 5.75 Å². The highest BCUT2D eigenvalue weighted by molar-refractivity contribution is 7.89. The second-order valence-electron chi connectivity index (χ2n) is 7.33. The predicted octanol–water partition coefficient (Wildman–Crippen LogP) is 2.26. The lowest BCUT2D eigenvalue weighted by molar-refractivity contribution is -0.123. The molecule has 2 aromatic carbocycles. The summed E-state index contributed by atoms with van der Waals surface area (Å²) in [6.45, 7) is 5.42. The highest BCUT2D eigenvalue weighted by Gasteiger charge is 2.30. The lowest BCUT2D eigenvalue weighted by Crippen LogP contribution is -2.43. The van der Waals surface area contributed by atoms with E-state index < -0.39 is 27.8 Å². The zero-order valence-corrected chi connectivity index (χ0v) is 20.1. The Labute approximate surface area is 198 Å². The zero-order valence-electron chi connectivity index (χ0n) is 19.2. The number of esters is 1. The SMILES string of the molecule is CCOC(=O)c1ccc(NC(=O)CN2C(=O)COc3ccc(S(=O)(=O)N(CC)CC)cc32)cc1. The van der Waals surface area contributed by atoms with E-state index in [1.165, 1.54) is 39.5 Å². The van der Waals surface area contributed by atoms with Crippen LogP contribution in [0.15, 0.2) is 47.4 Å². The van der Waals surface area contributed by atoms with Gasteiger partial charge in [0.15, 0.2) is 6.61 Å². The predicted molar refractivity (Wildman–Crippen MR) is 125 cm³/mol. The topological polar surface area (TPSA) is 122 Å². The largest absolute Gasteiger partial charge is 0.482 e. The summed E-state index contributed by atoms with van der Waals surface area (Å²) in [5.41, 5.74) is 0.980. The van der Waals surface area contributed by atoms with Crippen LogP contribution in [0.25, 0.3) is 0 Å². The molecule has 1 heterocycles. The van der Waals surface area contributed by atoms with Crippen molar-refractivity contribution in [3.05, 3.63) is 48.0 Å². The molecule has 34 heavy (non-hydrogen) atoms. The van der Waals surface area contributed by atoms with E-state index in [-0.39, 0.29) is 30.3 Å². The number of carbonyl (C=O) groups excluding carboxylic acids is 3. The fourth-order valence-corrected chi connectivity index (χ4v) is 4.96. The summed E-state index contributed by atoms with van der Waals surface area (Å²) in [4.78, 5) is 38.2. The number of anilines is 2. The van der Waals surface area contributed by atoms with Crippen molar-refractivity contribution < 1.29 is 32.3 Å². The number of carbonyl (C=O) groups is 3. The van der Waals surface area contributed by atoms with Gasteiger partial charge in [0, 0.05) is 18.8 Å². The fraction of sp³-hybridized carbons (Fsp3) is 0.348. The molecule has 2 amide bonds. The molecule has 10 nitrogen and oxygen atoms in total. The van der Waals surface area contributed by atoms with Crippen molar-refractivity contribution in [1.82, 2.24) is 4.31 Å². The van der Waals surface area contributed by atoms with Crippen LogP contribution in [0.4, 0.5) is 11.4 Å². The molecular formula is C23H27N3O7S. The molecule has 2 aromatic rings. The van der Waals surface area contributed by atoms with E-state index in [4.69, 9.17) is 9.47 Å². The Morgan fingerprint density at radius 2 is 1.76 bits per heavy atom. The molecule has 0 saturated carbocycles. The second kappa shape index (κ2) is 10.7. The van der Waals surface area contributed by atoms with Crippen molar-refractivity contribution in [2.24, 2.45) is 0 Å². The van der Waals surface area contributed by atoms with Gasteiger partial charge in [-0.1, -0.05) is 13.8 Å². The molecule has 0 aromatic heterocycles. The van der Waals surface area contributed by atoms with Gasteiger partial charge >= 0.3 is 5.97 Å². The van der Waals surface area contributed by atoms with Crippen molar-refractivity contribution in [3.63, 3.8) is 0 Å². The first-order chi connectivity index (χ1) is 16.2. The Balaban J connectivity index is 1.80. The molecule has 0 fully saturated rings. The molecule has 0 atom stereocenters. The van der Waals surface area contributed by atoms with Crippen LogP contribution in [0.1, 0.15) is 31.1 Å². The van der Waals surface area contributed by atoms with Gasteiger partial charge in [-0.05, 0) is 49.4 Å². The Kier molecular flexibility index (Phi) is 7.90. The molecule has 1 aliphatic rings. The Morgan fingerprint density at radius 1 is 1.09 bits per heavy atom. The van der Waals surface area contributed by atoms with Gasteiger partial charge in [0.05, 0.1) is 22.8 Å². The summed E-state index contributed by atoms with van der Waals surface area (Å²) >= 11 is 0. The maximum absolute atomic E-state index is 12.9. The molecule has 0 bridgehead atoms. The van der Waals surface area contributed by atoms with Crippen LogP contribution in [0.2, 0.25) is 0 Å². The average Bonchev–Trinajstić information content (AvgIpc) is 2.82. The van der Waals surface area contributed by atoms with Crippen molar-refractivity contribution in [1.29, 1.82) is 0 Å². The van der Waals surface area contributed by atoms with Crippen LogP contribution < -0.4 is 15.0 Å². The van der Waals surface area contributed by atoms with Gasteiger partial charge in [0.25, 0.3) is 5.91 Å². The average molecular weight is 490 g/mol. The van der Waals surface area contributed by atoms with Gasteiger partial charge in [-0.25, -0.2) is 13.2 Å². The standard InChI is InChI=1S/C23H27N3O7S/c1-4-25(5-2)34(30,31)18-11-12-20-19(13-18)26(22(28)15-33-20)14-21(27)24-17-9-7-16(8-10-17)23(29)32-6-3/h7-13H,4-6,14-15H2,1-3H3,(H,24,27). The molecular weight excluding hydrogens is 462 g/mol. The minimum absolute atomic E-state index is 0.00760. The maximum Gasteiger partial charge on any atom is 0.338 e. The Morgan fingerprint density at radius 3 is 2.38 bits per heavy atom. The van der Waals surface area contributed by atoms with E-state index >= 15 is 0 Å². The summed E-state index contributed by atoms with van der Waals surface area (Å²) in [5, 5.41) is 2.67. The minimum atomic E-state index is -3.77.